The molecule has 1 aromatic carbocycles. The number of hydrogen-bond acceptors (Lipinski definition) is 11. The molecule has 4 amide bonds. The zero-order chi connectivity index (χ0) is 29.9. The first-order valence-electron chi connectivity index (χ1n) is 12.3. The van der Waals surface area contributed by atoms with Crippen LogP contribution in [-0.4, -0.2) is 65.0 Å². The van der Waals surface area contributed by atoms with E-state index >= 15 is 0 Å². The van der Waals surface area contributed by atoms with E-state index in [2.05, 4.69) is 5.43 Å². The Morgan fingerprint density at radius 3 is 2.12 bits per heavy atom. The van der Waals surface area contributed by atoms with Gasteiger partial charge in [-0.1, -0.05) is 35.3 Å². The van der Waals surface area contributed by atoms with Crippen LogP contribution >= 0.6 is 35.3 Å². The van der Waals surface area contributed by atoms with E-state index in [0.29, 0.717) is 28.0 Å². The second kappa shape index (κ2) is 8.70. The number of hydrogen-bond donors (Lipinski definition) is 5. The van der Waals surface area contributed by atoms with E-state index in [4.69, 9.17) is 5.73 Å². The summed E-state index contributed by atoms with van der Waals surface area (Å²) < 4.78 is -1.39. The van der Waals surface area contributed by atoms with Gasteiger partial charge >= 0.3 is 18.0 Å². The van der Waals surface area contributed by atoms with Crippen LogP contribution in [0.1, 0.15) is 43.4 Å². The van der Waals surface area contributed by atoms with Gasteiger partial charge in [-0.15, -0.1) is 5.12 Å². The van der Waals surface area contributed by atoms with Crippen molar-refractivity contribution >= 4 is 82.0 Å². The fraction of sp³-hybridized carbons (Fsp3) is 0.320. The number of urea groups is 1. The van der Waals surface area contributed by atoms with Gasteiger partial charge in [0.25, 0.3) is 11.8 Å². The summed E-state index contributed by atoms with van der Waals surface area (Å²) in [5, 5.41) is 33.8. The lowest BCUT2D eigenvalue weighted by atomic mass is 9.85. The number of amides is 4. The normalized spacial score (nSPS) is 24.9. The standard InChI is InChI=1S/C25H23N5O8S3/c1-8-7-11-14-19(39-20(26)10(3)25(14)40-17(21(33)34)18(41-25)22(35)36)24(4,38)28-16(11)15(9(8)2)27-30(23(28)37)29-12(31)5-6-13(29)32/h7,27,38H,5-6,26H2,1-4H3,(H,33,34)(H,35,36). The molecule has 16 heteroatoms. The molecule has 0 bridgehead atoms. The minimum Gasteiger partial charge on any atom is -0.477 e. The lowest BCUT2D eigenvalue weighted by Gasteiger charge is -2.53. The van der Waals surface area contributed by atoms with Gasteiger partial charge in [0.05, 0.1) is 21.3 Å². The summed E-state index contributed by atoms with van der Waals surface area (Å²) >= 11 is 2.62. The zero-order valence-corrected chi connectivity index (χ0v) is 24.5. The molecule has 1 aromatic rings. The van der Waals surface area contributed by atoms with Crippen molar-refractivity contribution in [2.75, 3.05) is 10.3 Å². The van der Waals surface area contributed by atoms with Gasteiger partial charge in [0.2, 0.25) is 0 Å². The summed E-state index contributed by atoms with van der Waals surface area (Å²) in [4.78, 5) is 64.2. The van der Waals surface area contributed by atoms with E-state index in [9.17, 15) is 39.3 Å². The molecule has 214 valence electrons. The second-order valence-corrected chi connectivity index (χ2v) is 13.9. The third-order valence-electron chi connectivity index (χ3n) is 7.71. The quantitative estimate of drug-likeness (QED) is 0.311. The van der Waals surface area contributed by atoms with Crippen molar-refractivity contribution in [3.05, 3.63) is 48.1 Å². The second-order valence-electron chi connectivity index (χ2n) is 10.1. The molecule has 41 heavy (non-hydrogen) atoms. The highest BCUT2D eigenvalue weighted by atomic mass is 32.2. The van der Waals surface area contributed by atoms with E-state index in [-0.39, 0.29) is 38.3 Å². The van der Waals surface area contributed by atoms with Crippen LogP contribution < -0.4 is 16.1 Å². The number of rotatable bonds is 3. The van der Waals surface area contributed by atoms with Gasteiger partial charge in [0.1, 0.15) is 13.9 Å². The number of nitrogens with one attached hydrogen (secondary N) is 1. The molecule has 1 spiro atoms. The van der Waals surface area contributed by atoms with Crippen LogP contribution in [0.15, 0.2) is 31.4 Å². The van der Waals surface area contributed by atoms with Gasteiger partial charge in [0.15, 0.2) is 5.72 Å². The van der Waals surface area contributed by atoms with E-state index in [1.807, 2.05) is 6.92 Å². The van der Waals surface area contributed by atoms with Gasteiger partial charge in [-0.25, -0.2) is 14.4 Å². The van der Waals surface area contributed by atoms with Crippen LogP contribution in [0.3, 0.4) is 0 Å². The third-order valence-corrected chi connectivity index (χ3v) is 12.4. The molecule has 1 unspecified atom stereocenters. The molecule has 6 rings (SSSR count). The highest BCUT2D eigenvalue weighted by Gasteiger charge is 2.61. The van der Waals surface area contributed by atoms with Gasteiger partial charge in [0, 0.05) is 24.0 Å². The van der Waals surface area contributed by atoms with Crippen molar-refractivity contribution in [1.82, 2.24) is 10.1 Å². The van der Waals surface area contributed by atoms with Gasteiger partial charge < -0.3 is 21.1 Å². The molecule has 1 atom stereocenters. The number of benzene rings is 1. The van der Waals surface area contributed by atoms with Crippen LogP contribution in [0.25, 0.3) is 5.57 Å². The summed E-state index contributed by atoms with van der Waals surface area (Å²) in [5.41, 5.74) is 10.6. The van der Waals surface area contributed by atoms with Crippen LogP contribution in [0.5, 0.6) is 0 Å². The van der Waals surface area contributed by atoms with Crippen molar-refractivity contribution in [2.45, 2.75) is 50.3 Å². The minimum absolute atomic E-state index is 0.0703. The molecule has 0 aliphatic carbocycles. The molecule has 1 saturated heterocycles. The molecular weight excluding hydrogens is 595 g/mol. The Morgan fingerprint density at radius 1 is 1.02 bits per heavy atom. The van der Waals surface area contributed by atoms with Crippen LogP contribution in [-0.2, 0) is 19.2 Å². The maximum atomic E-state index is 14.0. The Labute approximate surface area is 245 Å². The number of hydrazine groups is 2. The Hall–Kier alpha value is -3.60. The number of aliphatic hydroxyl groups is 1. The van der Waals surface area contributed by atoms with Crippen molar-refractivity contribution in [1.29, 1.82) is 0 Å². The summed E-state index contributed by atoms with van der Waals surface area (Å²) in [7, 11) is 0. The Bertz CT molecular complexity index is 1620. The average Bonchev–Trinajstić information content (AvgIpc) is 3.45. The van der Waals surface area contributed by atoms with Crippen LogP contribution in [0, 0.1) is 13.8 Å². The van der Waals surface area contributed by atoms with Gasteiger partial charge in [-0.05, 0) is 50.5 Å². The Kier molecular flexibility index (Phi) is 5.85. The number of carboxylic acids is 2. The first-order valence-corrected chi connectivity index (χ1v) is 14.7. The molecule has 1 fully saturated rings. The lowest BCUT2D eigenvalue weighted by Crippen LogP contribution is -2.66. The predicted octanol–water partition coefficient (Wildman–Crippen LogP) is 2.86. The molecule has 0 aromatic heterocycles. The van der Waals surface area contributed by atoms with E-state index in [1.54, 1.807) is 19.9 Å². The number of aryl methyl sites for hydroxylation is 1. The van der Waals surface area contributed by atoms with Crippen molar-refractivity contribution in [3.8, 4) is 0 Å². The molecular formula is C25H23N5O8S3. The monoisotopic (exact) mass is 617 g/mol. The van der Waals surface area contributed by atoms with Crippen molar-refractivity contribution < 1.29 is 39.3 Å². The van der Waals surface area contributed by atoms with Crippen LogP contribution in [0.4, 0.5) is 16.2 Å². The smallest absolute Gasteiger partial charge is 0.366 e. The zero-order valence-electron chi connectivity index (χ0n) is 22.0. The molecule has 5 aliphatic heterocycles. The summed E-state index contributed by atoms with van der Waals surface area (Å²) in [6.45, 7) is 6.63. The van der Waals surface area contributed by atoms with Crippen molar-refractivity contribution in [2.24, 2.45) is 5.73 Å². The number of nitrogens with two attached hydrogens (primary N) is 1. The van der Waals surface area contributed by atoms with E-state index in [0.717, 1.165) is 55.9 Å². The minimum atomic E-state index is -2.11. The first kappa shape index (κ1) is 27.6. The highest BCUT2D eigenvalue weighted by molar-refractivity contribution is 8.26. The lowest BCUT2D eigenvalue weighted by molar-refractivity contribution is -0.151. The number of fused-ring (bicyclic) bond motifs is 2. The topological polar surface area (TPSA) is 194 Å². The molecule has 5 aliphatic rings. The molecule has 0 saturated carbocycles. The van der Waals surface area contributed by atoms with Gasteiger partial charge in [-0.3, -0.25) is 19.9 Å². The fourth-order valence-electron chi connectivity index (χ4n) is 5.54. The first-order chi connectivity index (χ1) is 19.1. The fourth-order valence-corrected chi connectivity index (χ4v) is 10.2. The number of thioether (sulfide) groups is 3. The SMILES string of the molecule is CC1=C(N)SC2=C(c3cc(C)c(C)c4c3N(C(=O)N(N3C(=O)CCC3=O)N4)C2(C)O)C12SC(C(=O)O)=C(C(=O)O)S2. The molecule has 6 N–H and O–H groups in total. The maximum absolute atomic E-state index is 14.0. The number of imide groups is 1. The Balaban J connectivity index is 1.64. The number of nitrogens with zero attached hydrogens (tertiary/aromatic N) is 3. The number of anilines is 2. The molecule has 13 nitrogen and oxygen atoms in total. The molecule has 0 radical (unpaired) electrons. The highest BCUT2D eigenvalue weighted by Crippen LogP contribution is 2.71. The number of aliphatic carboxylic acids is 2. The number of carbonyl (C=O) groups is 5. The average molecular weight is 618 g/mol. The maximum Gasteiger partial charge on any atom is 0.366 e. The van der Waals surface area contributed by atoms with E-state index < -0.39 is 39.6 Å². The van der Waals surface area contributed by atoms with E-state index in [1.165, 1.54) is 6.92 Å². The number of carbonyl (C=O) groups excluding carboxylic acids is 3. The largest absolute Gasteiger partial charge is 0.477 e. The Morgan fingerprint density at radius 2 is 1.59 bits per heavy atom. The third kappa shape index (κ3) is 3.47. The van der Waals surface area contributed by atoms with Crippen LogP contribution in [0.2, 0.25) is 0 Å². The van der Waals surface area contributed by atoms with Gasteiger partial charge in [-0.2, -0.15) is 5.01 Å². The number of carboxylic acid groups (broad SMARTS) is 2. The molecule has 5 heterocycles. The predicted molar refractivity (Wildman–Crippen MR) is 153 cm³/mol. The van der Waals surface area contributed by atoms with Crippen molar-refractivity contribution in [3.63, 3.8) is 0 Å². The summed E-state index contributed by atoms with van der Waals surface area (Å²) in [6, 6.07) is 0.892. The summed E-state index contributed by atoms with van der Waals surface area (Å²) in [5.74, 6) is -3.99. The summed E-state index contributed by atoms with van der Waals surface area (Å²) in [6.07, 6.45) is -0.141.